The number of hydrogen-bond donors (Lipinski definition) is 2. The Bertz CT molecular complexity index is 590. The Labute approximate surface area is 132 Å². The van der Waals surface area contributed by atoms with Gasteiger partial charge in [0.15, 0.2) is 5.69 Å². The SMILES string of the molecule is Cc1nc2c(c(C(F)(F)F)n1)CC(C(=O)NCC(C)CO)CC2. The summed E-state index contributed by atoms with van der Waals surface area (Å²) < 4.78 is 39.5. The number of hydrogen-bond acceptors (Lipinski definition) is 4. The number of aromatic nitrogens is 2. The van der Waals surface area contributed by atoms with Crippen molar-refractivity contribution in [2.24, 2.45) is 11.8 Å². The van der Waals surface area contributed by atoms with Crippen molar-refractivity contribution in [2.45, 2.75) is 39.3 Å². The summed E-state index contributed by atoms with van der Waals surface area (Å²) in [5, 5.41) is 11.6. The molecule has 1 aromatic rings. The van der Waals surface area contributed by atoms with Crippen LogP contribution in [0.3, 0.4) is 0 Å². The number of nitrogens with zero attached hydrogens (tertiary/aromatic N) is 2. The van der Waals surface area contributed by atoms with Crippen LogP contribution in [0.2, 0.25) is 0 Å². The Kier molecular flexibility index (Phi) is 5.23. The van der Waals surface area contributed by atoms with Crippen LogP contribution in [0.1, 0.15) is 36.1 Å². The maximum Gasteiger partial charge on any atom is 0.433 e. The van der Waals surface area contributed by atoms with Gasteiger partial charge in [-0.15, -0.1) is 0 Å². The molecule has 2 N–H and O–H groups in total. The highest BCUT2D eigenvalue weighted by Crippen LogP contribution is 2.35. The van der Waals surface area contributed by atoms with Crippen LogP contribution in [0.5, 0.6) is 0 Å². The predicted octanol–water partition coefficient (Wildman–Crippen LogP) is 1.65. The first-order valence-corrected chi connectivity index (χ1v) is 7.54. The number of alkyl halides is 3. The number of nitrogens with one attached hydrogen (secondary N) is 1. The summed E-state index contributed by atoms with van der Waals surface area (Å²) in [7, 11) is 0. The zero-order valence-electron chi connectivity index (χ0n) is 13.1. The molecule has 0 aromatic carbocycles. The van der Waals surface area contributed by atoms with Gasteiger partial charge in [0.25, 0.3) is 0 Å². The summed E-state index contributed by atoms with van der Waals surface area (Å²) >= 11 is 0. The number of aliphatic hydroxyl groups excluding tert-OH is 1. The zero-order chi connectivity index (χ0) is 17.2. The summed E-state index contributed by atoms with van der Waals surface area (Å²) in [5.74, 6) is -0.812. The zero-order valence-corrected chi connectivity index (χ0v) is 13.1. The van der Waals surface area contributed by atoms with Crippen molar-refractivity contribution in [3.63, 3.8) is 0 Å². The van der Waals surface area contributed by atoms with Gasteiger partial charge in [-0.2, -0.15) is 13.2 Å². The van der Waals surface area contributed by atoms with Crippen LogP contribution in [0.4, 0.5) is 13.2 Å². The number of aryl methyl sites for hydroxylation is 2. The normalized spacial score (nSPS) is 19.1. The lowest BCUT2D eigenvalue weighted by Crippen LogP contribution is -2.38. The first-order chi connectivity index (χ1) is 10.7. The second kappa shape index (κ2) is 6.82. The van der Waals surface area contributed by atoms with Crippen LogP contribution in [-0.4, -0.2) is 34.1 Å². The van der Waals surface area contributed by atoms with Crippen molar-refractivity contribution in [1.82, 2.24) is 15.3 Å². The van der Waals surface area contributed by atoms with Crippen LogP contribution >= 0.6 is 0 Å². The smallest absolute Gasteiger partial charge is 0.396 e. The van der Waals surface area contributed by atoms with E-state index in [9.17, 15) is 18.0 Å². The molecule has 0 saturated carbocycles. The largest absolute Gasteiger partial charge is 0.433 e. The van der Waals surface area contributed by atoms with Gasteiger partial charge >= 0.3 is 6.18 Å². The molecule has 1 aliphatic rings. The first-order valence-electron chi connectivity index (χ1n) is 7.54. The van der Waals surface area contributed by atoms with E-state index in [2.05, 4.69) is 15.3 Å². The minimum Gasteiger partial charge on any atom is -0.396 e. The molecule has 0 radical (unpaired) electrons. The molecular weight excluding hydrogens is 311 g/mol. The van der Waals surface area contributed by atoms with Crippen LogP contribution < -0.4 is 5.32 Å². The van der Waals surface area contributed by atoms with Crippen molar-refractivity contribution in [3.05, 3.63) is 22.8 Å². The van der Waals surface area contributed by atoms with Crippen LogP contribution in [0.15, 0.2) is 0 Å². The van der Waals surface area contributed by atoms with Gasteiger partial charge in [-0.25, -0.2) is 9.97 Å². The van der Waals surface area contributed by atoms with Crippen molar-refractivity contribution >= 4 is 5.91 Å². The maximum atomic E-state index is 13.2. The Balaban J connectivity index is 2.18. The van der Waals surface area contributed by atoms with E-state index in [0.717, 1.165) is 0 Å². The molecule has 1 aliphatic carbocycles. The Morgan fingerprint density at radius 1 is 1.43 bits per heavy atom. The van der Waals surface area contributed by atoms with E-state index in [1.165, 1.54) is 6.92 Å². The van der Waals surface area contributed by atoms with Crippen LogP contribution in [0, 0.1) is 18.8 Å². The predicted molar refractivity (Wildman–Crippen MR) is 76.5 cm³/mol. The summed E-state index contributed by atoms with van der Waals surface area (Å²) in [6.07, 6.45) is -3.78. The van der Waals surface area contributed by atoms with E-state index in [1.807, 2.05) is 0 Å². The van der Waals surface area contributed by atoms with Gasteiger partial charge in [-0.1, -0.05) is 6.92 Å². The fourth-order valence-electron chi connectivity index (χ4n) is 2.68. The number of amides is 1. The third-order valence-corrected chi connectivity index (χ3v) is 3.96. The molecule has 128 valence electrons. The number of aliphatic hydroxyl groups is 1. The molecule has 0 bridgehead atoms. The highest BCUT2D eigenvalue weighted by atomic mass is 19.4. The molecule has 0 aliphatic heterocycles. The minimum atomic E-state index is -4.55. The lowest BCUT2D eigenvalue weighted by molar-refractivity contribution is -0.142. The lowest BCUT2D eigenvalue weighted by atomic mass is 9.85. The Morgan fingerprint density at radius 3 is 2.74 bits per heavy atom. The molecule has 1 heterocycles. The molecule has 2 unspecified atom stereocenters. The molecule has 2 atom stereocenters. The third-order valence-electron chi connectivity index (χ3n) is 3.96. The highest BCUT2D eigenvalue weighted by molar-refractivity contribution is 5.79. The van der Waals surface area contributed by atoms with E-state index in [4.69, 9.17) is 5.11 Å². The van der Waals surface area contributed by atoms with Gasteiger partial charge in [-0.05, 0) is 32.1 Å². The number of carbonyl (C=O) groups is 1. The topological polar surface area (TPSA) is 75.1 Å². The molecule has 23 heavy (non-hydrogen) atoms. The minimum absolute atomic E-state index is 0.0101. The monoisotopic (exact) mass is 331 g/mol. The van der Waals surface area contributed by atoms with E-state index in [-0.39, 0.29) is 36.2 Å². The standard InChI is InChI=1S/C15H20F3N3O2/c1-8(7-22)6-19-14(23)10-3-4-12-11(5-10)13(15(16,17)18)21-9(2)20-12/h8,10,22H,3-7H2,1-2H3,(H,19,23). The second-order valence-electron chi connectivity index (χ2n) is 6.02. The lowest BCUT2D eigenvalue weighted by Gasteiger charge is -2.26. The highest BCUT2D eigenvalue weighted by Gasteiger charge is 2.39. The van der Waals surface area contributed by atoms with Gasteiger partial charge < -0.3 is 10.4 Å². The number of carbonyl (C=O) groups excluding carboxylic acids is 1. The van der Waals surface area contributed by atoms with Crippen molar-refractivity contribution in [3.8, 4) is 0 Å². The van der Waals surface area contributed by atoms with Crippen molar-refractivity contribution in [1.29, 1.82) is 0 Å². The van der Waals surface area contributed by atoms with Gasteiger partial charge in [0.2, 0.25) is 5.91 Å². The van der Waals surface area contributed by atoms with Crippen LogP contribution in [0.25, 0.3) is 0 Å². The van der Waals surface area contributed by atoms with Gasteiger partial charge in [-0.3, -0.25) is 4.79 Å². The summed E-state index contributed by atoms with van der Waals surface area (Å²) in [6, 6.07) is 0. The second-order valence-corrected chi connectivity index (χ2v) is 6.02. The molecule has 0 fully saturated rings. The fourth-order valence-corrected chi connectivity index (χ4v) is 2.68. The molecule has 8 heteroatoms. The average Bonchev–Trinajstić information content (AvgIpc) is 2.49. The molecule has 1 amide bonds. The van der Waals surface area contributed by atoms with E-state index in [0.29, 0.717) is 25.1 Å². The molecule has 0 spiro atoms. The van der Waals surface area contributed by atoms with Crippen molar-refractivity contribution < 1.29 is 23.1 Å². The van der Waals surface area contributed by atoms with Gasteiger partial charge in [0.1, 0.15) is 5.82 Å². The summed E-state index contributed by atoms with van der Waals surface area (Å²) in [4.78, 5) is 19.8. The van der Waals surface area contributed by atoms with E-state index in [1.54, 1.807) is 6.92 Å². The summed E-state index contributed by atoms with van der Waals surface area (Å²) in [5.41, 5.74) is -0.511. The Morgan fingerprint density at radius 2 is 2.13 bits per heavy atom. The van der Waals surface area contributed by atoms with Gasteiger partial charge in [0.05, 0.1) is 0 Å². The first kappa shape index (κ1) is 17.7. The number of halogens is 3. The average molecular weight is 331 g/mol. The fraction of sp³-hybridized carbons (Fsp3) is 0.667. The number of rotatable bonds is 4. The summed E-state index contributed by atoms with van der Waals surface area (Å²) in [6.45, 7) is 3.45. The molecular formula is C15H20F3N3O2. The molecule has 5 nitrogen and oxygen atoms in total. The van der Waals surface area contributed by atoms with E-state index >= 15 is 0 Å². The maximum absolute atomic E-state index is 13.2. The third kappa shape index (κ3) is 4.19. The van der Waals surface area contributed by atoms with Gasteiger partial charge in [0, 0.05) is 30.3 Å². The number of fused-ring (bicyclic) bond motifs is 1. The van der Waals surface area contributed by atoms with Crippen LogP contribution in [-0.2, 0) is 23.8 Å². The Hall–Kier alpha value is -1.70. The molecule has 0 saturated heterocycles. The molecule has 2 rings (SSSR count). The van der Waals surface area contributed by atoms with E-state index < -0.39 is 17.8 Å². The molecule has 1 aromatic heterocycles. The quantitative estimate of drug-likeness (QED) is 0.880. The van der Waals surface area contributed by atoms with Crippen molar-refractivity contribution in [2.75, 3.05) is 13.2 Å².